The van der Waals surface area contributed by atoms with Crippen LogP contribution in [0.3, 0.4) is 0 Å². The van der Waals surface area contributed by atoms with Gasteiger partial charge < -0.3 is 5.73 Å². The summed E-state index contributed by atoms with van der Waals surface area (Å²) in [5, 5.41) is 29.6. The number of rotatable bonds is 3. The molecule has 218 valence electrons. The Morgan fingerprint density at radius 3 is 1.30 bits per heavy atom. The molecule has 0 atom stereocenters. The summed E-state index contributed by atoms with van der Waals surface area (Å²) in [6, 6.07) is 14.4. The summed E-state index contributed by atoms with van der Waals surface area (Å²) < 4.78 is 110. The summed E-state index contributed by atoms with van der Waals surface area (Å²) in [5.74, 6) is -2.44. The van der Waals surface area contributed by atoms with E-state index in [0.717, 1.165) is 12.1 Å². The van der Waals surface area contributed by atoms with Crippen LogP contribution >= 0.6 is 0 Å². The van der Waals surface area contributed by atoms with E-state index in [9.17, 15) is 50.9 Å². The van der Waals surface area contributed by atoms with Gasteiger partial charge in [-0.1, -0.05) is 0 Å². The second kappa shape index (κ2) is 10.6. The van der Waals surface area contributed by atoms with Gasteiger partial charge in [0.1, 0.15) is 11.6 Å². The van der Waals surface area contributed by atoms with Crippen LogP contribution in [-0.2, 0) is 12.4 Å². The lowest BCUT2D eigenvalue weighted by Crippen LogP contribution is -2.06. The first-order valence-electron chi connectivity index (χ1n) is 12.5. The minimum Gasteiger partial charge on any atom is -0.326 e. The third kappa shape index (κ3) is 5.15. The highest BCUT2D eigenvalue weighted by molar-refractivity contribution is 6.06. The van der Waals surface area contributed by atoms with Crippen LogP contribution in [0.4, 0.5) is 35.1 Å². The van der Waals surface area contributed by atoms with Crippen LogP contribution in [0.2, 0.25) is 0 Å². The van der Waals surface area contributed by atoms with Crippen LogP contribution in [0.15, 0.2) is 66.2 Å². The molecule has 0 amide bonds. The Morgan fingerprint density at radius 1 is 0.568 bits per heavy atom. The van der Waals surface area contributed by atoms with Crippen LogP contribution in [0.1, 0.15) is 33.4 Å². The molecule has 0 saturated carbocycles. The number of hydrogen-bond donors (Lipinski definition) is 1. The molecule has 0 saturated heterocycles. The summed E-state index contributed by atoms with van der Waals surface area (Å²) in [5.41, 5.74) is 3.12. The van der Waals surface area contributed by atoms with Crippen molar-refractivity contribution in [3.05, 3.63) is 111 Å². The van der Waals surface area contributed by atoms with Crippen LogP contribution in [0.5, 0.6) is 0 Å². The van der Waals surface area contributed by atoms with Crippen LogP contribution in [-0.4, -0.2) is 6.54 Å². The molecular formula is C32H14F8N4. The highest BCUT2D eigenvalue weighted by Crippen LogP contribution is 2.50. The molecule has 4 aromatic rings. The number of fused-ring (bicyclic) bond motifs is 3. The number of alkyl halides is 6. The molecule has 2 N–H and O–H groups in total. The Kier molecular flexibility index (Phi) is 7.25. The van der Waals surface area contributed by atoms with Crippen molar-refractivity contribution in [2.45, 2.75) is 12.4 Å². The quantitative estimate of drug-likeness (QED) is 0.165. The molecule has 5 rings (SSSR count). The van der Waals surface area contributed by atoms with Crippen molar-refractivity contribution < 1.29 is 35.1 Å². The lowest BCUT2D eigenvalue weighted by atomic mass is 9.91. The van der Waals surface area contributed by atoms with Gasteiger partial charge in [-0.2, -0.15) is 42.1 Å². The second-order valence-corrected chi connectivity index (χ2v) is 9.73. The first-order chi connectivity index (χ1) is 20.7. The number of nitriles is 3. The maximum Gasteiger partial charge on any atom is 0.416 e. The molecule has 12 heteroatoms. The van der Waals surface area contributed by atoms with Gasteiger partial charge in [-0.3, -0.25) is 0 Å². The van der Waals surface area contributed by atoms with Crippen molar-refractivity contribution in [1.29, 1.82) is 15.8 Å². The molecule has 0 fully saturated rings. The Labute approximate surface area is 244 Å². The zero-order valence-corrected chi connectivity index (χ0v) is 21.9. The zero-order valence-electron chi connectivity index (χ0n) is 21.9. The van der Waals surface area contributed by atoms with E-state index in [1.807, 2.05) is 18.2 Å². The SMILES string of the molecule is N#CC(CN)=C1c2cc(C#N)c(-c3cc(F)cc(C(F)(F)F)c3)cc2-c2cc(-c3cc(F)cc(C(F)(F)F)c3)c(C#N)cc21. The zero-order chi connectivity index (χ0) is 32.1. The molecule has 44 heavy (non-hydrogen) atoms. The molecule has 0 bridgehead atoms. The maximum absolute atomic E-state index is 14.3. The van der Waals surface area contributed by atoms with Crippen molar-refractivity contribution in [3.63, 3.8) is 0 Å². The molecule has 0 radical (unpaired) electrons. The van der Waals surface area contributed by atoms with Crippen LogP contribution in [0.25, 0.3) is 39.0 Å². The molecule has 4 nitrogen and oxygen atoms in total. The summed E-state index contributed by atoms with van der Waals surface area (Å²) >= 11 is 0. The lowest BCUT2D eigenvalue weighted by molar-refractivity contribution is -0.138. The van der Waals surface area contributed by atoms with Gasteiger partial charge in [0.05, 0.1) is 46.0 Å². The van der Waals surface area contributed by atoms with Gasteiger partial charge in [0.2, 0.25) is 0 Å². The standard InChI is InChI=1S/C32H14F8N4/c33-22-3-15(1-20(7-22)31(35,36)37)24-9-26-27-10-25(16-2-21(32(38,39)40)8-23(34)4-16)18(12-42)6-29(27)30(19(13-43)14-44)28(26)5-17(24)11-41/h1-10H,13,43H2. The van der Waals surface area contributed by atoms with Gasteiger partial charge >= 0.3 is 12.4 Å². The van der Waals surface area contributed by atoms with Gasteiger partial charge in [-0.15, -0.1) is 0 Å². The van der Waals surface area contributed by atoms with E-state index in [4.69, 9.17) is 5.73 Å². The molecule has 0 spiro atoms. The predicted octanol–water partition coefficient (Wildman–Crippen LogP) is 8.34. The van der Waals surface area contributed by atoms with Gasteiger partial charge in [-0.25, -0.2) is 8.78 Å². The van der Waals surface area contributed by atoms with E-state index in [1.54, 1.807) is 0 Å². The van der Waals surface area contributed by atoms with E-state index >= 15 is 0 Å². The average Bonchev–Trinajstić information content (AvgIpc) is 3.27. The fourth-order valence-corrected chi connectivity index (χ4v) is 5.21. The average molecular weight is 606 g/mol. The van der Waals surface area contributed by atoms with E-state index in [-0.39, 0.29) is 73.3 Å². The minimum atomic E-state index is -4.91. The Balaban J connectivity index is 1.86. The highest BCUT2D eigenvalue weighted by Gasteiger charge is 2.34. The first-order valence-corrected chi connectivity index (χ1v) is 12.5. The third-order valence-electron chi connectivity index (χ3n) is 7.10. The van der Waals surface area contributed by atoms with Gasteiger partial charge in [0.15, 0.2) is 0 Å². The van der Waals surface area contributed by atoms with Crippen molar-refractivity contribution >= 4 is 5.57 Å². The normalized spacial score (nSPS) is 12.2. The highest BCUT2D eigenvalue weighted by atomic mass is 19.4. The Hall–Kier alpha value is -5.51. The first kappa shape index (κ1) is 30.0. The summed E-state index contributed by atoms with van der Waals surface area (Å²) in [4.78, 5) is 0. The molecule has 1 aliphatic carbocycles. The fourth-order valence-electron chi connectivity index (χ4n) is 5.21. The van der Waals surface area contributed by atoms with E-state index in [2.05, 4.69) is 0 Å². The Bertz CT molecular complexity index is 1900. The van der Waals surface area contributed by atoms with Crippen molar-refractivity contribution in [3.8, 4) is 51.6 Å². The minimum absolute atomic E-state index is 0.00788. The molecule has 0 aliphatic heterocycles. The number of benzene rings is 4. The summed E-state index contributed by atoms with van der Waals surface area (Å²) in [7, 11) is 0. The number of nitrogens with zero attached hydrogens (tertiary/aromatic N) is 3. The van der Waals surface area contributed by atoms with Crippen molar-refractivity contribution in [1.82, 2.24) is 0 Å². The van der Waals surface area contributed by atoms with Crippen LogP contribution < -0.4 is 5.73 Å². The molecule has 0 heterocycles. The van der Waals surface area contributed by atoms with Gasteiger partial charge in [0, 0.05) is 23.2 Å². The third-order valence-corrected chi connectivity index (χ3v) is 7.10. The van der Waals surface area contributed by atoms with Crippen LogP contribution in [0, 0.1) is 45.6 Å². The number of halogens is 8. The largest absolute Gasteiger partial charge is 0.416 e. The monoisotopic (exact) mass is 606 g/mol. The number of hydrogen-bond acceptors (Lipinski definition) is 4. The molecule has 0 unspecified atom stereocenters. The summed E-state index contributed by atoms with van der Waals surface area (Å²) in [6.45, 7) is -0.296. The van der Waals surface area contributed by atoms with Crippen molar-refractivity contribution in [2.75, 3.05) is 6.54 Å². The van der Waals surface area contributed by atoms with Gasteiger partial charge in [0.25, 0.3) is 0 Å². The topological polar surface area (TPSA) is 97.4 Å². The molecule has 4 aromatic carbocycles. The Morgan fingerprint density at radius 2 is 0.977 bits per heavy atom. The van der Waals surface area contributed by atoms with E-state index in [0.29, 0.717) is 24.3 Å². The summed E-state index contributed by atoms with van der Waals surface area (Å²) in [6.07, 6.45) is -9.82. The second-order valence-electron chi connectivity index (χ2n) is 9.73. The number of nitrogens with two attached hydrogens (primary N) is 1. The van der Waals surface area contributed by atoms with E-state index in [1.165, 1.54) is 24.3 Å². The fraction of sp³-hybridized carbons (Fsp3) is 0.0938. The van der Waals surface area contributed by atoms with Crippen molar-refractivity contribution in [2.24, 2.45) is 5.73 Å². The van der Waals surface area contributed by atoms with Gasteiger partial charge in [-0.05, 0) is 94.0 Å². The molecule has 0 aromatic heterocycles. The predicted molar refractivity (Wildman–Crippen MR) is 143 cm³/mol. The van der Waals surface area contributed by atoms with E-state index < -0.39 is 35.1 Å². The lowest BCUT2D eigenvalue weighted by Gasteiger charge is -2.13. The molecule has 1 aliphatic rings. The maximum atomic E-state index is 14.3. The molecular weight excluding hydrogens is 592 g/mol. The smallest absolute Gasteiger partial charge is 0.326 e.